The molecular formula is C24H26N4O2. The predicted octanol–water partition coefficient (Wildman–Crippen LogP) is 5.34. The van der Waals surface area contributed by atoms with Gasteiger partial charge in [-0.3, -0.25) is 4.79 Å². The van der Waals surface area contributed by atoms with E-state index in [4.69, 9.17) is 14.8 Å². The Morgan fingerprint density at radius 2 is 1.97 bits per heavy atom. The lowest BCUT2D eigenvalue weighted by molar-refractivity contribution is 0.102. The number of nitrogens with one attached hydrogen (secondary N) is 1. The molecule has 0 saturated heterocycles. The molecule has 4 aromatic rings. The van der Waals surface area contributed by atoms with E-state index in [2.05, 4.69) is 37.4 Å². The number of nitrogens with zero attached hydrogens (tertiary/aromatic N) is 3. The van der Waals surface area contributed by atoms with Gasteiger partial charge in [0.05, 0.1) is 23.1 Å². The molecule has 2 heterocycles. The summed E-state index contributed by atoms with van der Waals surface area (Å²) in [5.74, 6) is 0.838. The Morgan fingerprint density at radius 3 is 2.77 bits per heavy atom. The number of aromatic nitrogens is 3. The standard InChI is InChI=1S/C24H26N4O2/c1-4-6-13-28-23-19(15-17-14-16(3)11-12-20(17)25-23)22(27-28)26-24(29)18-9-7-8-10-21(18)30-5-2/h7-12,14-15H,4-6,13H2,1-3H3,(H,26,27,29). The first-order valence-corrected chi connectivity index (χ1v) is 10.4. The van der Waals surface area contributed by atoms with Crippen LogP contribution in [-0.2, 0) is 6.54 Å². The van der Waals surface area contributed by atoms with E-state index in [-0.39, 0.29) is 5.91 Å². The summed E-state index contributed by atoms with van der Waals surface area (Å²) >= 11 is 0. The number of aryl methyl sites for hydroxylation is 2. The predicted molar refractivity (Wildman–Crippen MR) is 120 cm³/mol. The van der Waals surface area contributed by atoms with E-state index in [1.165, 1.54) is 5.56 Å². The SMILES string of the molecule is CCCCn1nc(NC(=O)c2ccccc2OCC)c2cc3cc(C)ccc3nc21. The van der Waals surface area contributed by atoms with Gasteiger partial charge in [-0.15, -0.1) is 0 Å². The fraction of sp³-hybridized carbons (Fsp3) is 0.292. The van der Waals surface area contributed by atoms with Gasteiger partial charge in [-0.25, -0.2) is 9.67 Å². The maximum Gasteiger partial charge on any atom is 0.260 e. The molecule has 0 aliphatic carbocycles. The van der Waals surface area contributed by atoms with Crippen LogP contribution in [0.25, 0.3) is 21.9 Å². The van der Waals surface area contributed by atoms with Crippen molar-refractivity contribution in [2.45, 2.75) is 40.2 Å². The van der Waals surface area contributed by atoms with Gasteiger partial charge in [-0.2, -0.15) is 5.10 Å². The number of anilines is 1. The second-order valence-corrected chi connectivity index (χ2v) is 7.36. The number of carbonyl (C=O) groups excluding carboxylic acids is 1. The number of carbonyl (C=O) groups is 1. The molecule has 0 aliphatic heterocycles. The smallest absolute Gasteiger partial charge is 0.260 e. The zero-order chi connectivity index (χ0) is 21.1. The molecule has 0 bridgehead atoms. The molecule has 30 heavy (non-hydrogen) atoms. The minimum Gasteiger partial charge on any atom is -0.493 e. The number of pyridine rings is 1. The van der Waals surface area contributed by atoms with E-state index in [1.54, 1.807) is 12.1 Å². The van der Waals surface area contributed by atoms with Crippen LogP contribution < -0.4 is 10.1 Å². The molecule has 0 fully saturated rings. The number of para-hydroxylation sites is 1. The molecular weight excluding hydrogens is 376 g/mol. The summed E-state index contributed by atoms with van der Waals surface area (Å²) in [5.41, 5.74) is 3.36. The van der Waals surface area contributed by atoms with Crippen LogP contribution in [0.5, 0.6) is 5.75 Å². The monoisotopic (exact) mass is 402 g/mol. The Labute approximate surface area is 175 Å². The number of amides is 1. The number of unbranched alkanes of at least 4 members (excludes halogenated alkanes) is 1. The summed E-state index contributed by atoms with van der Waals surface area (Å²) in [4.78, 5) is 17.9. The van der Waals surface area contributed by atoms with Crippen molar-refractivity contribution in [2.24, 2.45) is 0 Å². The van der Waals surface area contributed by atoms with Crippen LogP contribution in [0.15, 0.2) is 48.5 Å². The Balaban J connectivity index is 1.78. The number of hydrogen-bond donors (Lipinski definition) is 1. The highest BCUT2D eigenvalue weighted by Gasteiger charge is 2.18. The van der Waals surface area contributed by atoms with Gasteiger partial charge in [0, 0.05) is 11.9 Å². The highest BCUT2D eigenvalue weighted by molar-refractivity contribution is 6.10. The van der Waals surface area contributed by atoms with Gasteiger partial charge in [0.25, 0.3) is 5.91 Å². The van der Waals surface area contributed by atoms with Gasteiger partial charge < -0.3 is 10.1 Å². The Hall–Kier alpha value is -3.41. The number of ether oxygens (including phenoxy) is 1. The maximum absolute atomic E-state index is 13.0. The van der Waals surface area contributed by atoms with E-state index in [1.807, 2.05) is 29.8 Å². The van der Waals surface area contributed by atoms with Gasteiger partial charge in [0.15, 0.2) is 11.5 Å². The molecule has 6 nitrogen and oxygen atoms in total. The summed E-state index contributed by atoms with van der Waals surface area (Å²) in [6, 6.07) is 15.5. The van der Waals surface area contributed by atoms with Crippen molar-refractivity contribution in [3.8, 4) is 5.75 Å². The average Bonchev–Trinajstić information content (AvgIpc) is 3.07. The van der Waals surface area contributed by atoms with E-state index in [0.29, 0.717) is 23.7 Å². The maximum atomic E-state index is 13.0. The van der Waals surface area contributed by atoms with Crippen molar-refractivity contribution < 1.29 is 9.53 Å². The number of fused-ring (bicyclic) bond motifs is 2. The minimum absolute atomic E-state index is 0.245. The Bertz CT molecular complexity index is 1210. The van der Waals surface area contributed by atoms with Gasteiger partial charge in [0.1, 0.15) is 5.75 Å². The van der Waals surface area contributed by atoms with Crippen molar-refractivity contribution in [3.63, 3.8) is 0 Å². The average molecular weight is 402 g/mol. The van der Waals surface area contributed by atoms with Crippen molar-refractivity contribution in [3.05, 3.63) is 59.7 Å². The zero-order valence-corrected chi connectivity index (χ0v) is 17.6. The number of benzene rings is 2. The molecule has 2 aromatic carbocycles. The Morgan fingerprint density at radius 1 is 1.13 bits per heavy atom. The van der Waals surface area contributed by atoms with Crippen LogP contribution in [0.3, 0.4) is 0 Å². The fourth-order valence-electron chi connectivity index (χ4n) is 3.55. The van der Waals surface area contributed by atoms with Crippen molar-refractivity contribution >= 4 is 33.7 Å². The summed E-state index contributed by atoms with van der Waals surface area (Å²) < 4.78 is 7.50. The third-order valence-electron chi connectivity index (χ3n) is 5.06. The molecule has 2 aromatic heterocycles. The molecule has 0 radical (unpaired) electrons. The quantitative estimate of drug-likeness (QED) is 0.453. The van der Waals surface area contributed by atoms with Gasteiger partial charge in [-0.05, 0) is 50.6 Å². The molecule has 0 saturated carbocycles. The van der Waals surface area contributed by atoms with E-state index in [9.17, 15) is 4.79 Å². The van der Waals surface area contributed by atoms with Gasteiger partial charge in [-0.1, -0.05) is 37.1 Å². The highest BCUT2D eigenvalue weighted by atomic mass is 16.5. The van der Waals surface area contributed by atoms with E-state index >= 15 is 0 Å². The Kier molecular flexibility index (Phi) is 5.65. The zero-order valence-electron chi connectivity index (χ0n) is 17.6. The molecule has 1 amide bonds. The molecule has 154 valence electrons. The lowest BCUT2D eigenvalue weighted by Gasteiger charge is -2.09. The van der Waals surface area contributed by atoms with E-state index in [0.717, 1.165) is 41.3 Å². The van der Waals surface area contributed by atoms with Crippen molar-refractivity contribution in [2.75, 3.05) is 11.9 Å². The summed E-state index contributed by atoms with van der Waals surface area (Å²) in [5, 5.41) is 9.55. The van der Waals surface area contributed by atoms with Crippen LogP contribution in [0.2, 0.25) is 0 Å². The van der Waals surface area contributed by atoms with Gasteiger partial charge >= 0.3 is 0 Å². The first kappa shape index (κ1) is 19.9. The van der Waals surface area contributed by atoms with Crippen LogP contribution in [0.4, 0.5) is 5.82 Å². The highest BCUT2D eigenvalue weighted by Crippen LogP contribution is 2.28. The van der Waals surface area contributed by atoms with E-state index < -0.39 is 0 Å². The molecule has 0 atom stereocenters. The summed E-state index contributed by atoms with van der Waals surface area (Å²) in [6.07, 6.45) is 2.04. The van der Waals surface area contributed by atoms with Crippen LogP contribution in [0, 0.1) is 6.92 Å². The van der Waals surface area contributed by atoms with Crippen molar-refractivity contribution in [1.82, 2.24) is 14.8 Å². The molecule has 1 N–H and O–H groups in total. The molecule has 4 rings (SSSR count). The second kappa shape index (κ2) is 8.53. The second-order valence-electron chi connectivity index (χ2n) is 7.36. The minimum atomic E-state index is -0.245. The largest absolute Gasteiger partial charge is 0.493 e. The van der Waals surface area contributed by atoms with Crippen molar-refractivity contribution in [1.29, 1.82) is 0 Å². The van der Waals surface area contributed by atoms with Crippen LogP contribution in [-0.4, -0.2) is 27.3 Å². The molecule has 0 unspecified atom stereocenters. The lowest BCUT2D eigenvalue weighted by atomic mass is 10.1. The third kappa shape index (κ3) is 3.85. The molecule has 6 heteroatoms. The lowest BCUT2D eigenvalue weighted by Crippen LogP contribution is -2.14. The van der Waals surface area contributed by atoms with Gasteiger partial charge in [0.2, 0.25) is 0 Å². The molecule has 0 aliphatic rings. The first-order chi connectivity index (χ1) is 14.6. The van der Waals surface area contributed by atoms with Crippen LogP contribution >= 0.6 is 0 Å². The summed E-state index contributed by atoms with van der Waals surface area (Å²) in [7, 11) is 0. The number of hydrogen-bond acceptors (Lipinski definition) is 4. The fourth-order valence-corrected chi connectivity index (χ4v) is 3.55. The molecule has 0 spiro atoms. The third-order valence-corrected chi connectivity index (χ3v) is 5.06. The first-order valence-electron chi connectivity index (χ1n) is 10.4. The normalized spacial score (nSPS) is 11.2. The topological polar surface area (TPSA) is 69.0 Å². The number of rotatable bonds is 7. The van der Waals surface area contributed by atoms with Crippen LogP contribution in [0.1, 0.15) is 42.6 Å². The summed E-state index contributed by atoms with van der Waals surface area (Å²) in [6.45, 7) is 7.35.